The van der Waals surface area contributed by atoms with E-state index >= 15 is 0 Å². The number of halogens is 1. The molecule has 2 atom stereocenters. The van der Waals surface area contributed by atoms with Crippen LogP contribution >= 0.6 is 15.9 Å². The van der Waals surface area contributed by atoms with E-state index in [-0.39, 0.29) is 12.0 Å². The maximum Gasteiger partial charge on any atom is 0.107 e. The maximum absolute atomic E-state index is 10.7. The molecule has 1 rings (SSSR count). The molecule has 0 aromatic carbocycles. The predicted octanol–water partition coefficient (Wildman–Crippen LogP) is 3.48. The summed E-state index contributed by atoms with van der Waals surface area (Å²) in [7, 11) is 0. The predicted molar refractivity (Wildman–Crippen MR) is 69.3 cm³/mol. The van der Waals surface area contributed by atoms with Crippen molar-refractivity contribution < 1.29 is 5.11 Å². The summed E-state index contributed by atoms with van der Waals surface area (Å²) < 4.78 is 2.77. The quantitative estimate of drug-likeness (QED) is 0.921. The molecule has 0 saturated carbocycles. The Morgan fingerprint density at radius 3 is 2.50 bits per heavy atom. The molecule has 0 radical (unpaired) electrons. The first-order chi connectivity index (χ1) is 7.32. The van der Waals surface area contributed by atoms with Crippen LogP contribution in [0.2, 0.25) is 0 Å². The normalized spacial score (nSPS) is 17.5. The Kier molecular flexibility index (Phi) is 4.18. The molecule has 0 aliphatic rings. The summed E-state index contributed by atoms with van der Waals surface area (Å²) in [6.45, 7) is 10.1. The smallest absolute Gasteiger partial charge is 0.107 e. The maximum atomic E-state index is 10.7. The number of rotatable bonds is 4. The highest BCUT2D eigenvalue weighted by molar-refractivity contribution is 9.10. The van der Waals surface area contributed by atoms with Gasteiger partial charge in [-0.25, -0.2) is 0 Å². The molecule has 0 saturated heterocycles. The molecule has 1 heterocycles. The van der Waals surface area contributed by atoms with Crippen molar-refractivity contribution in [3.8, 4) is 0 Å². The number of aliphatic hydroxyl groups is 1. The lowest BCUT2D eigenvalue weighted by Crippen LogP contribution is -2.33. The molecule has 0 fully saturated rings. The highest BCUT2D eigenvalue weighted by atomic mass is 79.9. The highest BCUT2D eigenvalue weighted by Crippen LogP contribution is 2.36. The van der Waals surface area contributed by atoms with Crippen LogP contribution in [0.1, 0.15) is 52.8 Å². The average molecular weight is 289 g/mol. The van der Waals surface area contributed by atoms with E-state index in [1.807, 2.05) is 11.6 Å². The second-order valence-corrected chi connectivity index (χ2v) is 5.69. The first-order valence-corrected chi connectivity index (χ1v) is 6.57. The summed E-state index contributed by atoms with van der Waals surface area (Å²) in [6.07, 6.45) is 2.69. The van der Waals surface area contributed by atoms with Crippen molar-refractivity contribution in [1.82, 2.24) is 9.78 Å². The molecule has 1 aromatic rings. The van der Waals surface area contributed by atoms with E-state index in [0.29, 0.717) is 0 Å². The van der Waals surface area contributed by atoms with E-state index in [2.05, 4.69) is 48.7 Å². The van der Waals surface area contributed by atoms with Crippen molar-refractivity contribution in [1.29, 1.82) is 0 Å². The van der Waals surface area contributed by atoms with E-state index in [9.17, 15) is 5.11 Å². The third-order valence-electron chi connectivity index (χ3n) is 3.29. The fraction of sp³-hybridized carbons (Fsp3) is 0.750. The third kappa shape index (κ3) is 2.33. The van der Waals surface area contributed by atoms with Crippen LogP contribution in [0.5, 0.6) is 0 Å². The van der Waals surface area contributed by atoms with E-state index in [1.165, 1.54) is 0 Å². The topological polar surface area (TPSA) is 38.1 Å². The number of hydrogen-bond donors (Lipinski definition) is 1. The SMILES string of the molecule is CCC(C)C(C)(O)c1c(Br)cnn1C(C)C. The van der Waals surface area contributed by atoms with Gasteiger partial charge in [-0.15, -0.1) is 0 Å². The van der Waals surface area contributed by atoms with Crippen LogP contribution in [0.3, 0.4) is 0 Å². The summed E-state index contributed by atoms with van der Waals surface area (Å²) in [5.41, 5.74) is 0.0193. The molecule has 92 valence electrons. The van der Waals surface area contributed by atoms with Crippen molar-refractivity contribution in [2.75, 3.05) is 0 Å². The van der Waals surface area contributed by atoms with Crippen LogP contribution in [0.25, 0.3) is 0 Å². The van der Waals surface area contributed by atoms with Crippen LogP contribution < -0.4 is 0 Å². The van der Waals surface area contributed by atoms with Crippen molar-refractivity contribution in [2.45, 2.75) is 52.7 Å². The minimum Gasteiger partial charge on any atom is -0.384 e. The van der Waals surface area contributed by atoms with Crippen molar-refractivity contribution >= 4 is 15.9 Å². The molecular weight excluding hydrogens is 268 g/mol. The van der Waals surface area contributed by atoms with E-state index in [4.69, 9.17) is 0 Å². The van der Waals surface area contributed by atoms with Crippen LogP contribution in [0.4, 0.5) is 0 Å². The largest absolute Gasteiger partial charge is 0.384 e. The lowest BCUT2D eigenvalue weighted by Gasteiger charge is -2.31. The molecule has 0 bridgehead atoms. The molecule has 1 aromatic heterocycles. The molecule has 0 aliphatic heterocycles. The molecular formula is C12H21BrN2O. The number of aromatic nitrogens is 2. The van der Waals surface area contributed by atoms with Gasteiger partial charge in [0.25, 0.3) is 0 Å². The second-order valence-electron chi connectivity index (χ2n) is 4.84. The Labute approximate surface area is 106 Å². The minimum absolute atomic E-state index is 0.193. The first kappa shape index (κ1) is 13.7. The number of hydrogen-bond acceptors (Lipinski definition) is 2. The fourth-order valence-corrected chi connectivity index (χ4v) is 2.51. The Morgan fingerprint density at radius 1 is 1.50 bits per heavy atom. The van der Waals surface area contributed by atoms with Gasteiger partial charge in [-0.3, -0.25) is 4.68 Å². The van der Waals surface area contributed by atoms with Gasteiger partial charge in [0.15, 0.2) is 0 Å². The molecule has 4 heteroatoms. The van der Waals surface area contributed by atoms with E-state index < -0.39 is 5.60 Å². The first-order valence-electron chi connectivity index (χ1n) is 5.78. The Hall–Kier alpha value is -0.350. The lowest BCUT2D eigenvalue weighted by atomic mass is 9.85. The zero-order valence-corrected chi connectivity index (χ0v) is 12.2. The van der Waals surface area contributed by atoms with Crippen LogP contribution in [0, 0.1) is 5.92 Å². The summed E-state index contributed by atoms with van der Waals surface area (Å²) in [4.78, 5) is 0. The van der Waals surface area contributed by atoms with Gasteiger partial charge in [-0.2, -0.15) is 5.10 Å². The second kappa shape index (κ2) is 4.88. The molecule has 2 unspecified atom stereocenters. The monoisotopic (exact) mass is 288 g/mol. The van der Waals surface area contributed by atoms with Gasteiger partial charge in [0.1, 0.15) is 5.60 Å². The molecule has 0 spiro atoms. The Bertz CT molecular complexity index is 358. The van der Waals surface area contributed by atoms with Crippen molar-refractivity contribution in [3.05, 3.63) is 16.4 Å². The lowest BCUT2D eigenvalue weighted by molar-refractivity contribution is -0.00982. The van der Waals surface area contributed by atoms with Gasteiger partial charge in [0.2, 0.25) is 0 Å². The minimum atomic E-state index is -0.853. The zero-order chi connectivity index (χ0) is 12.5. The molecule has 0 aliphatic carbocycles. The van der Waals surface area contributed by atoms with Crippen LogP contribution in [-0.4, -0.2) is 14.9 Å². The summed E-state index contributed by atoms with van der Waals surface area (Å²) in [6, 6.07) is 0.247. The van der Waals surface area contributed by atoms with Gasteiger partial charge in [0, 0.05) is 6.04 Å². The van der Waals surface area contributed by atoms with E-state index in [1.54, 1.807) is 6.20 Å². The summed E-state index contributed by atoms with van der Waals surface area (Å²) >= 11 is 3.48. The summed E-state index contributed by atoms with van der Waals surface area (Å²) in [5.74, 6) is 0.193. The zero-order valence-electron chi connectivity index (χ0n) is 10.7. The van der Waals surface area contributed by atoms with E-state index in [0.717, 1.165) is 16.6 Å². The van der Waals surface area contributed by atoms with Crippen LogP contribution in [0.15, 0.2) is 10.7 Å². The Morgan fingerprint density at radius 2 is 2.06 bits per heavy atom. The fourth-order valence-electron chi connectivity index (χ4n) is 1.84. The van der Waals surface area contributed by atoms with Gasteiger partial charge in [0.05, 0.1) is 16.4 Å². The Balaban J connectivity index is 3.25. The molecule has 0 amide bonds. The van der Waals surface area contributed by atoms with Gasteiger partial charge in [-0.05, 0) is 42.6 Å². The standard InChI is InChI=1S/C12H21BrN2O/c1-6-9(4)12(5,16)11-10(13)7-14-15(11)8(2)3/h7-9,16H,6H2,1-5H3. The number of nitrogens with zero attached hydrogens (tertiary/aromatic N) is 2. The third-order valence-corrected chi connectivity index (χ3v) is 3.87. The highest BCUT2D eigenvalue weighted by Gasteiger charge is 2.35. The van der Waals surface area contributed by atoms with Gasteiger partial charge in [-0.1, -0.05) is 20.3 Å². The average Bonchev–Trinajstić information content (AvgIpc) is 2.59. The summed E-state index contributed by atoms with van der Waals surface area (Å²) in [5, 5.41) is 15.0. The molecule has 3 nitrogen and oxygen atoms in total. The van der Waals surface area contributed by atoms with Crippen LogP contribution in [-0.2, 0) is 5.60 Å². The van der Waals surface area contributed by atoms with Crippen molar-refractivity contribution in [3.63, 3.8) is 0 Å². The molecule has 16 heavy (non-hydrogen) atoms. The van der Waals surface area contributed by atoms with Gasteiger partial charge < -0.3 is 5.11 Å². The van der Waals surface area contributed by atoms with Crippen molar-refractivity contribution in [2.24, 2.45) is 5.92 Å². The molecule has 1 N–H and O–H groups in total. The van der Waals surface area contributed by atoms with Gasteiger partial charge >= 0.3 is 0 Å².